The van der Waals surface area contributed by atoms with Crippen LogP contribution < -0.4 is 10.5 Å². The number of halogens is 1. The van der Waals surface area contributed by atoms with E-state index in [1.807, 2.05) is 0 Å². The van der Waals surface area contributed by atoms with Crippen molar-refractivity contribution >= 4 is 27.4 Å². The van der Waals surface area contributed by atoms with Gasteiger partial charge in [-0.2, -0.15) is 0 Å². The molecule has 112 valence electrons. The predicted molar refractivity (Wildman–Crippen MR) is 80.0 cm³/mol. The third-order valence-corrected chi connectivity index (χ3v) is 5.67. The van der Waals surface area contributed by atoms with Crippen LogP contribution in [-0.4, -0.2) is 19.9 Å². The number of nitrogens with one attached hydrogen (secondary N) is 1. The lowest BCUT2D eigenvalue weighted by atomic mass is 9.81. The molecule has 1 aliphatic carbocycles. The van der Waals surface area contributed by atoms with Gasteiger partial charge in [0, 0.05) is 12.7 Å². The molecule has 5 nitrogen and oxygen atoms in total. The molecular weight excluding hydrogens is 298 g/mol. The Morgan fingerprint density at radius 3 is 2.80 bits per heavy atom. The monoisotopic (exact) mass is 317 g/mol. The molecule has 3 N–H and O–H groups in total. The van der Waals surface area contributed by atoms with E-state index in [1.54, 1.807) is 0 Å². The first kappa shape index (κ1) is 15.5. The van der Waals surface area contributed by atoms with E-state index in [-0.39, 0.29) is 15.7 Å². The average Bonchev–Trinajstić information content (AvgIpc) is 2.41. The number of rotatable bonds is 4. The summed E-state index contributed by atoms with van der Waals surface area (Å²) >= 11 is 5.81. The van der Waals surface area contributed by atoms with E-state index in [9.17, 15) is 8.42 Å². The van der Waals surface area contributed by atoms with Crippen LogP contribution in [-0.2, 0) is 10.0 Å². The maximum absolute atomic E-state index is 12.2. The lowest BCUT2D eigenvalue weighted by Gasteiger charge is -2.28. The van der Waals surface area contributed by atoms with E-state index in [2.05, 4.69) is 16.6 Å². The Balaban J connectivity index is 2.05. The molecular formula is C13H20ClN3O2S. The second kappa shape index (κ2) is 6.28. The summed E-state index contributed by atoms with van der Waals surface area (Å²) in [6, 6.07) is 1.33. The molecule has 20 heavy (non-hydrogen) atoms. The topological polar surface area (TPSA) is 85.1 Å². The zero-order valence-electron chi connectivity index (χ0n) is 11.5. The minimum absolute atomic E-state index is 0.0557. The van der Waals surface area contributed by atoms with E-state index >= 15 is 0 Å². The number of nitrogen functional groups attached to an aromatic ring is 1. The Morgan fingerprint density at radius 1 is 1.45 bits per heavy atom. The highest BCUT2D eigenvalue weighted by atomic mass is 35.5. The summed E-state index contributed by atoms with van der Waals surface area (Å²) in [5, 5.41) is 0.152. The summed E-state index contributed by atoms with van der Waals surface area (Å²) in [7, 11) is -3.57. The molecule has 2 unspecified atom stereocenters. The smallest absolute Gasteiger partial charge is 0.242 e. The molecule has 1 heterocycles. The van der Waals surface area contributed by atoms with Crippen LogP contribution in [0, 0.1) is 11.8 Å². The summed E-state index contributed by atoms with van der Waals surface area (Å²) < 4.78 is 27.0. The quantitative estimate of drug-likeness (QED) is 0.893. The van der Waals surface area contributed by atoms with Crippen LogP contribution >= 0.6 is 11.6 Å². The number of hydrogen-bond acceptors (Lipinski definition) is 4. The van der Waals surface area contributed by atoms with Crippen LogP contribution in [0.1, 0.15) is 32.6 Å². The Morgan fingerprint density at radius 2 is 2.15 bits per heavy atom. The summed E-state index contributed by atoms with van der Waals surface area (Å²) in [6.07, 6.45) is 5.88. The van der Waals surface area contributed by atoms with Crippen molar-refractivity contribution in [3.05, 3.63) is 17.3 Å². The van der Waals surface area contributed by atoms with Gasteiger partial charge in [0.2, 0.25) is 10.0 Å². The van der Waals surface area contributed by atoms with Gasteiger partial charge in [-0.15, -0.1) is 0 Å². The molecule has 1 aromatic rings. The maximum atomic E-state index is 12.2. The van der Waals surface area contributed by atoms with Gasteiger partial charge in [-0.25, -0.2) is 18.1 Å². The Hall–Kier alpha value is -0.850. The van der Waals surface area contributed by atoms with Crippen molar-refractivity contribution in [1.29, 1.82) is 0 Å². The highest BCUT2D eigenvalue weighted by Gasteiger charge is 2.24. The molecule has 2 atom stereocenters. The lowest BCUT2D eigenvalue weighted by Crippen LogP contribution is -2.33. The Labute approximate surface area is 125 Å². The molecule has 0 saturated heterocycles. The summed E-state index contributed by atoms with van der Waals surface area (Å²) in [6.45, 7) is 2.64. The van der Waals surface area contributed by atoms with E-state index < -0.39 is 10.0 Å². The molecule has 0 aromatic carbocycles. The average molecular weight is 318 g/mol. The molecule has 0 amide bonds. The summed E-state index contributed by atoms with van der Waals surface area (Å²) in [5.41, 5.74) is 5.48. The first-order valence-corrected chi connectivity index (χ1v) is 8.67. The van der Waals surface area contributed by atoms with Crippen molar-refractivity contribution in [2.45, 2.75) is 37.5 Å². The van der Waals surface area contributed by atoms with Crippen molar-refractivity contribution < 1.29 is 8.42 Å². The Kier molecular flexibility index (Phi) is 4.88. The molecule has 0 aliphatic heterocycles. The molecule has 0 spiro atoms. The van der Waals surface area contributed by atoms with E-state index in [0.29, 0.717) is 18.4 Å². The highest BCUT2D eigenvalue weighted by Crippen LogP contribution is 2.29. The van der Waals surface area contributed by atoms with E-state index in [4.69, 9.17) is 17.3 Å². The predicted octanol–water partition coefficient (Wildman–Crippen LogP) is 2.42. The minimum Gasteiger partial charge on any atom is -0.382 e. The standard InChI is InChI=1S/C13H20ClN3O2S/c1-9-4-2-3-5-10(9)7-17-20(18,19)11-6-12(14)13(15)16-8-11/h6,8-10,17H,2-5,7H2,1H3,(H2,15,16). The van der Waals surface area contributed by atoms with Crippen molar-refractivity contribution in [2.75, 3.05) is 12.3 Å². The molecule has 1 fully saturated rings. The number of pyridine rings is 1. The summed E-state index contributed by atoms with van der Waals surface area (Å²) in [5.74, 6) is 1.09. The SMILES string of the molecule is CC1CCCCC1CNS(=O)(=O)c1cnc(N)c(Cl)c1. The van der Waals surface area contributed by atoms with Gasteiger partial charge in [0.1, 0.15) is 10.7 Å². The zero-order chi connectivity index (χ0) is 14.8. The van der Waals surface area contributed by atoms with Gasteiger partial charge in [0.25, 0.3) is 0 Å². The number of hydrogen-bond donors (Lipinski definition) is 2. The van der Waals surface area contributed by atoms with Gasteiger partial charge in [-0.05, 0) is 24.3 Å². The lowest BCUT2D eigenvalue weighted by molar-refractivity contribution is 0.257. The molecule has 1 aromatic heterocycles. The first-order chi connectivity index (χ1) is 9.40. The van der Waals surface area contributed by atoms with Crippen LogP contribution in [0.4, 0.5) is 5.82 Å². The third kappa shape index (κ3) is 3.62. The number of aromatic nitrogens is 1. The van der Waals surface area contributed by atoms with Gasteiger partial charge in [0.05, 0.1) is 5.02 Å². The van der Waals surface area contributed by atoms with Crippen molar-refractivity contribution in [3.8, 4) is 0 Å². The largest absolute Gasteiger partial charge is 0.382 e. The second-order valence-corrected chi connectivity index (χ2v) is 7.59. The molecule has 7 heteroatoms. The fourth-order valence-electron chi connectivity index (χ4n) is 2.57. The van der Waals surface area contributed by atoms with Crippen LogP contribution in [0.2, 0.25) is 5.02 Å². The Bertz CT molecular complexity index is 577. The number of nitrogens with zero attached hydrogens (tertiary/aromatic N) is 1. The first-order valence-electron chi connectivity index (χ1n) is 6.81. The van der Waals surface area contributed by atoms with Gasteiger partial charge < -0.3 is 5.73 Å². The van der Waals surface area contributed by atoms with Crippen LogP contribution in [0.15, 0.2) is 17.2 Å². The zero-order valence-corrected chi connectivity index (χ0v) is 13.0. The van der Waals surface area contributed by atoms with Gasteiger partial charge in [-0.1, -0.05) is 37.8 Å². The maximum Gasteiger partial charge on any atom is 0.242 e. The number of nitrogens with two attached hydrogens (primary N) is 1. The normalized spacial score (nSPS) is 23.7. The van der Waals surface area contributed by atoms with E-state index in [0.717, 1.165) is 6.42 Å². The van der Waals surface area contributed by atoms with Crippen molar-refractivity contribution in [3.63, 3.8) is 0 Å². The number of sulfonamides is 1. The van der Waals surface area contributed by atoms with Crippen LogP contribution in [0.3, 0.4) is 0 Å². The van der Waals surface area contributed by atoms with Crippen molar-refractivity contribution in [1.82, 2.24) is 9.71 Å². The van der Waals surface area contributed by atoms with Gasteiger partial charge in [-0.3, -0.25) is 0 Å². The number of anilines is 1. The highest BCUT2D eigenvalue weighted by molar-refractivity contribution is 7.89. The summed E-state index contributed by atoms with van der Waals surface area (Å²) in [4.78, 5) is 3.84. The third-order valence-electron chi connectivity index (χ3n) is 3.98. The van der Waals surface area contributed by atoms with Gasteiger partial charge >= 0.3 is 0 Å². The molecule has 0 bridgehead atoms. The molecule has 2 rings (SSSR count). The second-order valence-electron chi connectivity index (χ2n) is 5.41. The van der Waals surface area contributed by atoms with E-state index in [1.165, 1.54) is 31.5 Å². The fraction of sp³-hybridized carbons (Fsp3) is 0.615. The fourth-order valence-corrected chi connectivity index (χ4v) is 3.87. The molecule has 0 radical (unpaired) electrons. The van der Waals surface area contributed by atoms with Gasteiger partial charge in [0.15, 0.2) is 0 Å². The minimum atomic E-state index is -3.57. The molecule has 1 saturated carbocycles. The van der Waals surface area contributed by atoms with Crippen molar-refractivity contribution in [2.24, 2.45) is 11.8 Å². The van der Waals surface area contributed by atoms with Crippen LogP contribution in [0.5, 0.6) is 0 Å². The van der Waals surface area contributed by atoms with Crippen LogP contribution in [0.25, 0.3) is 0 Å². The molecule has 1 aliphatic rings.